The molecule has 0 N–H and O–H groups in total. The number of anilines is 1. The minimum atomic E-state index is -0.693. The minimum Gasteiger partial charge on any atom is -0.341 e. The number of rotatable bonds is 3. The Morgan fingerprint density at radius 1 is 1.11 bits per heavy atom. The van der Waals surface area contributed by atoms with Crippen LogP contribution in [-0.2, 0) is 9.59 Å². The van der Waals surface area contributed by atoms with E-state index in [4.69, 9.17) is 0 Å². The van der Waals surface area contributed by atoms with E-state index < -0.39 is 5.66 Å². The van der Waals surface area contributed by atoms with Crippen molar-refractivity contribution in [1.29, 1.82) is 0 Å². The Morgan fingerprint density at radius 2 is 1.89 bits per heavy atom. The largest absolute Gasteiger partial charge is 0.341 e. The lowest BCUT2D eigenvalue weighted by Crippen LogP contribution is -2.62. The predicted molar refractivity (Wildman–Crippen MR) is 106 cm³/mol. The maximum atomic E-state index is 13.2. The lowest BCUT2D eigenvalue weighted by molar-refractivity contribution is -0.131. The molecule has 0 radical (unpaired) electrons. The van der Waals surface area contributed by atoms with Gasteiger partial charge in [0.15, 0.2) is 0 Å². The minimum absolute atomic E-state index is 0.0364. The van der Waals surface area contributed by atoms with Crippen molar-refractivity contribution in [3.63, 3.8) is 0 Å². The molecule has 0 aromatic heterocycles. The summed E-state index contributed by atoms with van der Waals surface area (Å²) < 4.78 is 0. The first-order valence-electron chi connectivity index (χ1n) is 10.1. The molecule has 0 saturated carbocycles. The molecule has 3 aliphatic heterocycles. The number of fused-ring (bicyclic) bond motifs is 3. The van der Waals surface area contributed by atoms with E-state index >= 15 is 0 Å². The first kappa shape index (κ1) is 18.9. The van der Waals surface area contributed by atoms with Crippen molar-refractivity contribution in [2.24, 2.45) is 0 Å². The summed E-state index contributed by atoms with van der Waals surface area (Å²) in [5.74, 6) is 0.0308. The maximum absolute atomic E-state index is 13.2. The number of hydrogen-bond acceptors (Lipinski definition) is 4. The Kier molecular flexibility index (Phi) is 4.87. The van der Waals surface area contributed by atoms with Crippen molar-refractivity contribution in [3.05, 3.63) is 29.8 Å². The quantitative estimate of drug-likeness (QED) is 0.793. The molecule has 1 aromatic carbocycles. The number of carbonyl (C=O) groups is 3. The molecular formula is C21H28N4O3. The van der Waals surface area contributed by atoms with Gasteiger partial charge in [-0.1, -0.05) is 12.1 Å². The van der Waals surface area contributed by atoms with Crippen LogP contribution in [0, 0.1) is 0 Å². The van der Waals surface area contributed by atoms with Gasteiger partial charge in [-0.3, -0.25) is 19.3 Å². The lowest BCUT2D eigenvalue weighted by Gasteiger charge is -2.48. The van der Waals surface area contributed by atoms with E-state index in [1.165, 1.54) is 0 Å². The number of hydrogen-bond donors (Lipinski definition) is 0. The van der Waals surface area contributed by atoms with Crippen LogP contribution < -0.4 is 4.90 Å². The summed E-state index contributed by atoms with van der Waals surface area (Å²) in [4.78, 5) is 46.3. The highest BCUT2D eigenvalue weighted by Gasteiger charge is 2.52. The molecule has 3 heterocycles. The Morgan fingerprint density at radius 3 is 2.71 bits per heavy atom. The van der Waals surface area contributed by atoms with E-state index in [0.717, 1.165) is 32.6 Å². The molecule has 2 fully saturated rings. The summed E-state index contributed by atoms with van der Waals surface area (Å²) >= 11 is 0. The zero-order valence-corrected chi connectivity index (χ0v) is 16.7. The Labute approximate surface area is 165 Å². The highest BCUT2D eigenvalue weighted by Crippen LogP contribution is 2.43. The third-order valence-corrected chi connectivity index (χ3v) is 6.37. The maximum Gasteiger partial charge on any atom is 0.257 e. The normalized spacial score (nSPS) is 25.6. The van der Waals surface area contributed by atoms with Crippen LogP contribution in [-0.4, -0.2) is 77.9 Å². The molecule has 0 aliphatic carbocycles. The molecule has 150 valence electrons. The summed E-state index contributed by atoms with van der Waals surface area (Å²) in [6.45, 7) is 5.65. The van der Waals surface area contributed by atoms with Crippen LogP contribution in [0.4, 0.5) is 5.69 Å². The van der Waals surface area contributed by atoms with Gasteiger partial charge in [-0.05, 0) is 45.5 Å². The number of carbonyl (C=O) groups excluding carboxylic acids is 3. The van der Waals surface area contributed by atoms with Crippen LogP contribution in [0.15, 0.2) is 24.3 Å². The number of benzene rings is 1. The number of nitrogens with zero attached hydrogens (tertiary/aromatic N) is 4. The van der Waals surface area contributed by atoms with Crippen molar-refractivity contribution in [2.75, 3.05) is 44.7 Å². The predicted octanol–water partition coefficient (Wildman–Crippen LogP) is 1.54. The van der Waals surface area contributed by atoms with Crippen molar-refractivity contribution in [3.8, 4) is 0 Å². The van der Waals surface area contributed by atoms with Gasteiger partial charge in [-0.25, -0.2) is 0 Å². The second kappa shape index (κ2) is 7.20. The summed E-state index contributed by atoms with van der Waals surface area (Å²) in [6.07, 6.45) is 2.27. The third kappa shape index (κ3) is 3.07. The smallest absolute Gasteiger partial charge is 0.257 e. The second-order valence-electron chi connectivity index (χ2n) is 8.21. The Balaban J connectivity index is 1.53. The topological polar surface area (TPSA) is 64.2 Å². The second-order valence-corrected chi connectivity index (χ2v) is 8.21. The van der Waals surface area contributed by atoms with Gasteiger partial charge in [0, 0.05) is 39.0 Å². The standard InChI is InChI=1S/C21H28N4O3/c1-21-10-8-19(27)25(21)17-7-4-3-6-16(17)20(28)24(21)13-9-18(26)23-12-5-11-22(2)14-15-23/h3-4,6-7H,5,8-15H2,1-2H3. The summed E-state index contributed by atoms with van der Waals surface area (Å²) in [5, 5.41) is 0. The van der Waals surface area contributed by atoms with Crippen LogP contribution in [0.5, 0.6) is 0 Å². The Bertz CT molecular complexity index is 811. The monoisotopic (exact) mass is 384 g/mol. The van der Waals surface area contributed by atoms with Crippen LogP contribution in [0.25, 0.3) is 0 Å². The number of para-hydroxylation sites is 1. The van der Waals surface area contributed by atoms with Crippen molar-refractivity contribution in [1.82, 2.24) is 14.7 Å². The van der Waals surface area contributed by atoms with Gasteiger partial charge in [-0.15, -0.1) is 0 Å². The van der Waals surface area contributed by atoms with Gasteiger partial charge < -0.3 is 14.7 Å². The van der Waals surface area contributed by atoms with Crippen LogP contribution in [0.3, 0.4) is 0 Å². The fourth-order valence-corrected chi connectivity index (χ4v) is 4.70. The molecule has 7 heteroatoms. The van der Waals surface area contributed by atoms with Crippen LogP contribution >= 0.6 is 0 Å². The van der Waals surface area contributed by atoms with Gasteiger partial charge in [-0.2, -0.15) is 0 Å². The molecule has 1 unspecified atom stereocenters. The molecule has 3 amide bonds. The average Bonchev–Trinajstić information content (AvgIpc) is 2.84. The zero-order valence-electron chi connectivity index (χ0n) is 16.7. The molecule has 4 rings (SSSR count). The van der Waals surface area contributed by atoms with Gasteiger partial charge in [0.2, 0.25) is 11.8 Å². The zero-order chi connectivity index (χ0) is 19.9. The van der Waals surface area contributed by atoms with Crippen molar-refractivity contribution < 1.29 is 14.4 Å². The van der Waals surface area contributed by atoms with Gasteiger partial charge in [0.25, 0.3) is 5.91 Å². The van der Waals surface area contributed by atoms with E-state index in [1.807, 2.05) is 30.0 Å². The molecule has 0 bridgehead atoms. The van der Waals surface area contributed by atoms with Crippen molar-refractivity contribution >= 4 is 23.4 Å². The molecule has 7 nitrogen and oxygen atoms in total. The van der Waals surface area contributed by atoms with E-state index in [0.29, 0.717) is 30.6 Å². The van der Waals surface area contributed by atoms with E-state index in [-0.39, 0.29) is 24.1 Å². The highest BCUT2D eigenvalue weighted by atomic mass is 16.2. The molecule has 1 aromatic rings. The molecule has 2 saturated heterocycles. The average molecular weight is 384 g/mol. The van der Waals surface area contributed by atoms with Gasteiger partial charge in [0.05, 0.1) is 11.3 Å². The van der Waals surface area contributed by atoms with Gasteiger partial charge in [0.1, 0.15) is 5.66 Å². The third-order valence-electron chi connectivity index (χ3n) is 6.37. The van der Waals surface area contributed by atoms with E-state index in [9.17, 15) is 14.4 Å². The van der Waals surface area contributed by atoms with E-state index in [2.05, 4.69) is 11.9 Å². The highest BCUT2D eigenvalue weighted by molar-refractivity contribution is 6.10. The fourth-order valence-electron chi connectivity index (χ4n) is 4.70. The van der Waals surface area contributed by atoms with E-state index in [1.54, 1.807) is 15.9 Å². The lowest BCUT2D eigenvalue weighted by atomic mass is 9.98. The molecule has 3 aliphatic rings. The summed E-state index contributed by atoms with van der Waals surface area (Å²) in [5.41, 5.74) is 0.539. The number of amides is 3. The van der Waals surface area contributed by atoms with Crippen LogP contribution in [0.2, 0.25) is 0 Å². The van der Waals surface area contributed by atoms with Gasteiger partial charge >= 0.3 is 0 Å². The molecule has 0 spiro atoms. The Hall–Kier alpha value is -2.41. The number of likely N-dealkylation sites (N-methyl/N-ethyl adjacent to an activating group) is 1. The summed E-state index contributed by atoms with van der Waals surface area (Å²) in [6, 6.07) is 7.28. The van der Waals surface area contributed by atoms with Crippen LogP contribution in [0.1, 0.15) is 43.0 Å². The SMILES string of the molecule is CN1CCCN(C(=O)CCN2C(=O)c3ccccc3N3C(=O)CCC23C)CC1. The first-order chi connectivity index (χ1) is 13.4. The molecule has 1 atom stereocenters. The molecule has 28 heavy (non-hydrogen) atoms. The first-order valence-corrected chi connectivity index (χ1v) is 10.1. The fraction of sp³-hybridized carbons (Fsp3) is 0.571. The van der Waals surface area contributed by atoms with Crippen molar-refractivity contribution in [2.45, 2.75) is 38.3 Å². The molecular weight excluding hydrogens is 356 g/mol. The summed E-state index contributed by atoms with van der Waals surface area (Å²) in [7, 11) is 2.07.